The fraction of sp³-hybridized carbons (Fsp3) is 0.435. The van der Waals surface area contributed by atoms with Crippen molar-refractivity contribution in [2.24, 2.45) is 0 Å². The summed E-state index contributed by atoms with van der Waals surface area (Å²) in [5, 5.41) is 0. The Morgan fingerprint density at radius 2 is 0.676 bits per heavy atom. The summed E-state index contributed by atoms with van der Waals surface area (Å²) in [6, 6.07) is 19.4. The fourth-order valence-corrected chi connectivity index (χ4v) is 7.75. The Labute approximate surface area is 596 Å². The topological polar surface area (TPSA) is 141 Å². The molecule has 0 unspecified atom stereocenters. The number of alkyl halides is 28. The van der Waals surface area contributed by atoms with Crippen LogP contribution in [-0.2, 0) is 39.3 Å². The zero-order valence-corrected chi connectivity index (χ0v) is 56.4. The van der Waals surface area contributed by atoms with Crippen LogP contribution in [0.2, 0.25) is 0 Å². The lowest BCUT2D eigenvalue weighted by atomic mass is 9.90. The molecule has 0 N–H and O–H groups in total. The zero-order chi connectivity index (χ0) is 83.3. The van der Waals surface area contributed by atoms with E-state index in [1.54, 1.807) is 38.1 Å². The van der Waals surface area contributed by atoms with Crippen LogP contribution < -0.4 is 14.2 Å². The van der Waals surface area contributed by atoms with Crippen LogP contribution in [0, 0.1) is 6.92 Å². The quantitative estimate of drug-likeness (QED) is 0.00810. The fourth-order valence-electron chi connectivity index (χ4n) is 7.75. The van der Waals surface area contributed by atoms with Crippen molar-refractivity contribution in [2.45, 2.75) is 157 Å². The minimum atomic E-state index is -8.42. The van der Waals surface area contributed by atoms with Gasteiger partial charge in [0.2, 0.25) is 0 Å². The highest BCUT2D eigenvalue weighted by Gasteiger charge is 2.94. The Morgan fingerprint density at radius 3 is 1.04 bits per heavy atom. The molecule has 0 bridgehead atoms. The first-order valence-electron chi connectivity index (χ1n) is 30.7. The van der Waals surface area contributed by atoms with Crippen LogP contribution in [-0.4, -0.2) is 134 Å². The molecule has 0 saturated heterocycles. The third kappa shape index (κ3) is 23.6. The normalized spacial score (nSPS) is 13.1. The SMILES string of the molecule is C=C(C)C(=O)OCCCCCCOc1ccc(/C=C/C(=O)OCC(F)(F)C(F)(F)C(F)(F)C(F)(F)C(F)(F)C(F)(F)C(F)(F)F)cc1.C=C(C)C(=O)OCCCCCCOc1ccc(/C=C/C(=O)c2ccc(C(F)(F)C(F)(F)C(F)(F)C(F)(F)C(F)(F)C(F)(F)F)cc2)cc1.C=C(C)C(=O)Oc1ccc(C)cc1. The van der Waals surface area contributed by atoms with Gasteiger partial charge >= 0.3 is 101 Å². The largest absolute Gasteiger partial charge is 0.494 e. The lowest BCUT2D eigenvalue weighted by Gasteiger charge is -2.41. The molecule has 0 heterocycles. The van der Waals surface area contributed by atoms with Gasteiger partial charge in [-0.2, -0.15) is 123 Å². The number of hydrogen-bond acceptors (Lipinski definition) is 11. The van der Waals surface area contributed by atoms with Crippen LogP contribution in [0.3, 0.4) is 0 Å². The Morgan fingerprint density at radius 1 is 0.352 bits per heavy atom. The molecule has 39 heteroatoms. The molecule has 0 saturated carbocycles. The van der Waals surface area contributed by atoms with Gasteiger partial charge in [-0.15, -0.1) is 0 Å². The second-order valence-corrected chi connectivity index (χ2v) is 23.1. The number of unbranched alkanes of at least 4 members (excludes halogenated alkanes) is 6. The predicted molar refractivity (Wildman–Crippen MR) is 329 cm³/mol. The Kier molecular flexibility index (Phi) is 33.1. The van der Waals surface area contributed by atoms with E-state index in [9.17, 15) is 147 Å². The number of halogens is 28. The number of benzene rings is 4. The van der Waals surface area contributed by atoms with Crippen molar-refractivity contribution in [2.75, 3.05) is 33.0 Å². The Hall–Kier alpha value is -9.23. The molecule has 11 nitrogen and oxygen atoms in total. The van der Waals surface area contributed by atoms with E-state index in [1.165, 1.54) is 49.4 Å². The van der Waals surface area contributed by atoms with Gasteiger partial charge in [0, 0.05) is 33.9 Å². The van der Waals surface area contributed by atoms with E-state index in [1.807, 2.05) is 19.1 Å². The van der Waals surface area contributed by atoms with Gasteiger partial charge in [0.15, 0.2) is 12.4 Å². The van der Waals surface area contributed by atoms with Crippen molar-refractivity contribution in [3.8, 4) is 17.2 Å². The number of allylic oxidation sites excluding steroid dienone is 1. The molecular weight excluding hydrogens is 1540 g/mol. The van der Waals surface area contributed by atoms with Crippen LogP contribution in [0.5, 0.6) is 17.2 Å². The molecule has 602 valence electrons. The zero-order valence-electron chi connectivity index (χ0n) is 56.4. The first-order valence-corrected chi connectivity index (χ1v) is 30.7. The Bertz CT molecular complexity index is 3730. The van der Waals surface area contributed by atoms with Crippen LogP contribution in [0.1, 0.15) is 105 Å². The molecule has 0 aliphatic rings. The number of rotatable bonds is 37. The Balaban J connectivity index is 0.000000626. The third-order valence-corrected chi connectivity index (χ3v) is 14.2. The van der Waals surface area contributed by atoms with Crippen LogP contribution in [0.15, 0.2) is 146 Å². The lowest BCUT2D eigenvalue weighted by molar-refractivity contribution is -0.453. The van der Waals surface area contributed by atoms with Crippen LogP contribution >= 0.6 is 0 Å². The average Bonchev–Trinajstić information content (AvgIpc) is 0.709. The molecular formula is C69H64F28O11. The summed E-state index contributed by atoms with van der Waals surface area (Å²) in [5.41, 5.74) is -0.0192. The maximum absolute atomic E-state index is 14.4. The highest BCUT2D eigenvalue weighted by atomic mass is 19.4. The van der Waals surface area contributed by atoms with E-state index < -0.39 is 119 Å². The van der Waals surface area contributed by atoms with Crippen LogP contribution in [0.25, 0.3) is 12.2 Å². The minimum Gasteiger partial charge on any atom is -0.494 e. The summed E-state index contributed by atoms with van der Waals surface area (Å²) in [4.78, 5) is 57.6. The number of hydrogen-bond donors (Lipinski definition) is 0. The summed E-state index contributed by atoms with van der Waals surface area (Å²) in [6.07, 6.45) is -6.37. The number of esters is 4. The molecule has 4 aromatic carbocycles. The van der Waals surface area contributed by atoms with Gasteiger partial charge in [-0.1, -0.05) is 92.0 Å². The maximum atomic E-state index is 14.4. The van der Waals surface area contributed by atoms with E-state index in [4.69, 9.17) is 23.7 Å². The van der Waals surface area contributed by atoms with Gasteiger partial charge in [-0.3, -0.25) is 4.79 Å². The molecule has 4 rings (SSSR count). The van der Waals surface area contributed by atoms with Crippen molar-refractivity contribution < 1.29 is 175 Å². The smallest absolute Gasteiger partial charge is 0.460 e. The van der Waals surface area contributed by atoms with E-state index in [-0.39, 0.29) is 55.1 Å². The van der Waals surface area contributed by atoms with Crippen molar-refractivity contribution in [1.82, 2.24) is 0 Å². The van der Waals surface area contributed by atoms with Gasteiger partial charge < -0.3 is 28.4 Å². The van der Waals surface area contributed by atoms with Gasteiger partial charge in [-0.05, 0) is 139 Å². The molecule has 0 aromatic heterocycles. The van der Waals surface area contributed by atoms with Crippen LogP contribution in [0.4, 0.5) is 123 Å². The van der Waals surface area contributed by atoms with E-state index in [0.717, 1.165) is 43.4 Å². The number of ketones is 1. The highest BCUT2D eigenvalue weighted by molar-refractivity contribution is 6.06. The minimum absolute atomic E-state index is 0.0737. The summed E-state index contributed by atoms with van der Waals surface area (Å²) >= 11 is 0. The molecule has 0 spiro atoms. The number of ether oxygens (including phenoxy) is 6. The lowest BCUT2D eigenvalue weighted by Crippen LogP contribution is -2.73. The number of aryl methyl sites for hydroxylation is 1. The van der Waals surface area contributed by atoms with Gasteiger partial charge in [-0.25, -0.2) is 19.2 Å². The molecule has 108 heavy (non-hydrogen) atoms. The number of carbonyl (C=O) groups is 5. The monoisotopic (exact) mass is 1600 g/mol. The first-order chi connectivity index (χ1) is 49.2. The molecule has 0 aliphatic carbocycles. The maximum Gasteiger partial charge on any atom is 0.460 e. The summed E-state index contributed by atoms with van der Waals surface area (Å²) < 4.78 is 402. The predicted octanol–water partition coefficient (Wildman–Crippen LogP) is 21.0. The third-order valence-electron chi connectivity index (χ3n) is 14.2. The average molecular weight is 1600 g/mol. The van der Waals surface area contributed by atoms with Gasteiger partial charge in [0.25, 0.3) is 0 Å². The standard InChI is InChI=1S/C31H27F13O4.C27H25F15O5.C11H12O2/c1-19(2)25(46)48-18-6-4-3-5-17-47-23-14-7-20(8-15-23)9-16-24(45)21-10-12-22(13-11-21)26(32,33)27(34,35)28(36,37)29(38,39)30(40,41)31(42,43)44;1-16(2)20(44)46-14-6-4-3-5-13-45-18-10-7-17(8-11-18)9-12-19(43)47-15-21(28,29)22(30,31)23(32,33)24(34,35)25(36,37)26(38,39)27(40,41)42;1-8(2)11(12)13-10-6-4-9(3)5-7-10/h7-16H,1,3-6,17-18H2,2H3;7-12H,1,3-6,13-15H2,2H3;4-7H,1H2,2-3H3/b16-9+;12-9+;. The first kappa shape index (κ1) is 94.8. The van der Waals surface area contributed by atoms with Gasteiger partial charge in [0.05, 0.1) is 26.4 Å². The van der Waals surface area contributed by atoms with Crippen molar-refractivity contribution in [1.29, 1.82) is 0 Å². The highest BCUT2D eigenvalue weighted by Crippen LogP contribution is 2.64. The molecule has 0 atom stereocenters. The summed E-state index contributed by atoms with van der Waals surface area (Å²) in [5.74, 6) is -88.1. The van der Waals surface area contributed by atoms with E-state index in [2.05, 4.69) is 24.5 Å². The molecule has 0 fully saturated rings. The van der Waals surface area contributed by atoms with Gasteiger partial charge in [0.1, 0.15) is 17.2 Å². The molecule has 0 amide bonds. The molecule has 0 radical (unpaired) electrons. The van der Waals surface area contributed by atoms with E-state index >= 15 is 0 Å². The van der Waals surface area contributed by atoms with E-state index in [0.29, 0.717) is 78.4 Å². The summed E-state index contributed by atoms with van der Waals surface area (Å²) in [6.45, 7) is 15.0. The summed E-state index contributed by atoms with van der Waals surface area (Å²) in [7, 11) is 0. The molecule has 0 aliphatic heterocycles. The van der Waals surface area contributed by atoms with Crippen molar-refractivity contribution in [3.05, 3.63) is 173 Å². The van der Waals surface area contributed by atoms with Crippen molar-refractivity contribution >= 4 is 41.8 Å². The van der Waals surface area contributed by atoms with Crippen molar-refractivity contribution in [3.63, 3.8) is 0 Å². The number of carbonyl (C=O) groups excluding carboxylic acids is 5. The molecule has 4 aromatic rings. The second kappa shape index (κ2) is 37.7. The second-order valence-electron chi connectivity index (χ2n) is 23.1.